The highest BCUT2D eigenvalue weighted by Gasteiger charge is 2.13. The molecule has 0 bridgehead atoms. The van der Waals surface area contributed by atoms with Gasteiger partial charge in [-0.15, -0.1) is 11.6 Å². The highest BCUT2D eigenvalue weighted by Crippen LogP contribution is 2.36. The third kappa shape index (κ3) is 26.1. The first-order valence-corrected chi connectivity index (χ1v) is 36.8. The van der Waals surface area contributed by atoms with Crippen molar-refractivity contribution in [3.05, 3.63) is 295 Å². The molecule has 0 saturated carbocycles. The molecule has 25 heteroatoms. The maximum Gasteiger partial charge on any atom is 0.213 e. The predicted molar refractivity (Wildman–Crippen MR) is 433 cm³/mol. The summed E-state index contributed by atoms with van der Waals surface area (Å²) in [6.07, 6.45) is 9.72. The van der Waals surface area contributed by atoms with Gasteiger partial charge in [0.15, 0.2) is 6.29 Å². The molecule has 5 heterocycles. The van der Waals surface area contributed by atoms with Crippen LogP contribution in [0.15, 0.2) is 242 Å². The first-order chi connectivity index (χ1) is 52.7. The lowest BCUT2D eigenvalue weighted by molar-refractivity contribution is -0.152. The van der Waals surface area contributed by atoms with Crippen LogP contribution in [0.25, 0.3) is 43.1 Å². The van der Waals surface area contributed by atoms with Crippen LogP contribution in [0, 0.1) is 0 Å². The largest absolute Gasteiger partial charge is 0.488 e. The van der Waals surface area contributed by atoms with Crippen LogP contribution in [-0.4, -0.2) is 103 Å². The van der Waals surface area contributed by atoms with Gasteiger partial charge in [0.05, 0.1) is 19.9 Å². The highest BCUT2D eigenvalue weighted by molar-refractivity contribution is 6.37. The molecule has 0 unspecified atom stereocenters. The molecule has 5 aromatic heterocycles. The van der Waals surface area contributed by atoms with Crippen molar-refractivity contribution < 1.29 is 52.3 Å². The van der Waals surface area contributed by atoms with E-state index in [-0.39, 0.29) is 0 Å². The van der Waals surface area contributed by atoms with Gasteiger partial charge < -0.3 is 52.3 Å². The number of likely N-dealkylation sites (N-methyl/N-ethyl adjacent to an activating group) is 1. The van der Waals surface area contributed by atoms with Gasteiger partial charge in [-0.25, -0.2) is 24.9 Å². The Hall–Kier alpha value is -9.51. The number of benzene rings is 8. The van der Waals surface area contributed by atoms with E-state index in [4.69, 9.17) is 129 Å². The Labute approximate surface area is 662 Å². The van der Waals surface area contributed by atoms with Crippen molar-refractivity contribution in [3.63, 3.8) is 0 Å². The van der Waals surface area contributed by atoms with Gasteiger partial charge in [0, 0.05) is 161 Å². The van der Waals surface area contributed by atoms with Crippen molar-refractivity contribution in [3.8, 4) is 40.6 Å². The Kier molecular flexibility index (Phi) is 34.2. The number of rotatable bonds is 29. The number of hydrogen-bond donors (Lipinski definition) is 0. The number of pyridine rings is 5. The zero-order valence-electron chi connectivity index (χ0n) is 59.7. The van der Waals surface area contributed by atoms with E-state index in [1.54, 1.807) is 61.4 Å². The highest BCUT2D eigenvalue weighted by atomic mass is 35.5. The standard InChI is InChI=1S/C22H24ClNO4.C20H21ClN2O3.C19H17ClN2O3.C16H11Cl2NO.C6H5Cl2N/c1-3-25-22(26-4-2)15-28-21-12-9-16(13-24-21)14-27-20-11-10-19(23)17-7-5-6-8-18(17)20;1-23(24-2)11-12-25-20-10-7-15(13-22-20)14-26-19-9-8-18(21)16-5-3-4-6-17(16)19;1-23-22-10-11-24-19-9-6-14(12-21-19)13-25-18-8-7-17(20)15-4-2-3-5-16(15)18;17-14-6-7-15(13-4-2-1-3-12(13)14)20-10-11-5-8-16(18)19-9-11;7-3-5-1-2-6(8)9-4-5/h5-13,22H,3-4,14-15H2,1-2H3;3-10,13H,11-12,14H2,1-2H3;2-10,12H,11,13H2,1H3;1-9H,10H2;1-2,4H,3H2. The molecule has 0 fully saturated rings. The van der Waals surface area contributed by atoms with Crippen LogP contribution in [0.5, 0.6) is 40.6 Å². The maximum atomic E-state index is 6.26. The van der Waals surface area contributed by atoms with Crippen molar-refractivity contribution in [1.29, 1.82) is 0 Å². The lowest BCUT2D eigenvalue weighted by Crippen LogP contribution is -2.25. The summed E-state index contributed by atoms with van der Waals surface area (Å²) < 4.78 is 51.3. The number of halogens is 7. The number of ether oxygens (including phenoxy) is 9. The number of hydroxylamine groups is 2. The molecule has 0 atom stereocenters. The molecule has 13 aromatic rings. The first kappa shape index (κ1) is 82.5. The first-order valence-electron chi connectivity index (χ1n) is 34.0. The molecule has 560 valence electrons. The van der Waals surface area contributed by atoms with E-state index in [1.165, 1.54) is 13.3 Å². The Morgan fingerprint density at radius 2 is 0.713 bits per heavy atom. The minimum atomic E-state index is -0.391. The molecule has 0 amide bonds. The maximum absolute atomic E-state index is 6.26. The van der Waals surface area contributed by atoms with Crippen molar-refractivity contribution >= 4 is 131 Å². The Morgan fingerprint density at radius 1 is 0.380 bits per heavy atom. The normalized spacial score (nSPS) is 10.9. The number of hydrogen-bond acceptors (Lipinski definition) is 18. The Bertz CT molecular complexity index is 4910. The van der Waals surface area contributed by atoms with Gasteiger partial charge >= 0.3 is 0 Å². The number of aromatic nitrogens is 5. The average molecular weight is 1600 g/mol. The van der Waals surface area contributed by atoms with Crippen molar-refractivity contribution in [2.24, 2.45) is 5.16 Å². The zero-order valence-corrected chi connectivity index (χ0v) is 65.0. The summed E-state index contributed by atoms with van der Waals surface area (Å²) in [5.41, 5.74) is 4.80. The fourth-order valence-electron chi connectivity index (χ4n) is 10.1. The molecule has 0 radical (unpaired) electrons. The summed E-state index contributed by atoms with van der Waals surface area (Å²) in [7, 11) is 4.95. The van der Waals surface area contributed by atoms with E-state index in [0.29, 0.717) is 110 Å². The summed E-state index contributed by atoms with van der Waals surface area (Å²) in [4.78, 5) is 30.3. The molecular weight excluding hydrogens is 1520 g/mol. The van der Waals surface area contributed by atoms with E-state index >= 15 is 0 Å². The SMILES string of the molecule is CCOC(COc1ccc(COc2ccc(Cl)c3ccccc23)cn1)OCC.CON(C)CCOc1ccc(COc2ccc(Cl)c3ccccc23)cn1.CON=CCOc1ccc(COc2ccc(Cl)c3ccccc23)cn1.ClCc1ccc(Cl)nc1.Clc1ccc(COc2ccc(Cl)c3ccccc23)cn1. The van der Waals surface area contributed by atoms with Crippen LogP contribution in [0.2, 0.25) is 30.4 Å². The van der Waals surface area contributed by atoms with Crippen LogP contribution >= 0.6 is 81.2 Å². The lowest BCUT2D eigenvalue weighted by Gasteiger charge is -2.17. The molecule has 0 saturated heterocycles. The quantitative estimate of drug-likeness (QED) is 0.0142. The van der Waals surface area contributed by atoms with Gasteiger partial charge in [-0.3, -0.25) is 0 Å². The second-order valence-corrected chi connectivity index (χ2v) is 25.6. The Morgan fingerprint density at radius 3 is 1.03 bits per heavy atom. The third-order valence-corrected chi connectivity index (χ3v) is 17.6. The zero-order chi connectivity index (χ0) is 76.2. The van der Waals surface area contributed by atoms with Crippen LogP contribution in [0.4, 0.5) is 0 Å². The van der Waals surface area contributed by atoms with Gasteiger partial charge in [-0.2, -0.15) is 5.06 Å². The monoisotopic (exact) mass is 1590 g/mol. The number of oxime groups is 1. The molecular formula is C83H78Cl7N7O11. The second kappa shape index (κ2) is 44.7. The molecule has 0 aliphatic rings. The van der Waals surface area contributed by atoms with Crippen LogP contribution in [0.3, 0.4) is 0 Å². The minimum Gasteiger partial charge on any atom is -0.488 e. The smallest absolute Gasteiger partial charge is 0.213 e. The van der Waals surface area contributed by atoms with E-state index in [0.717, 1.165) is 104 Å². The third-order valence-electron chi connectivity index (χ3n) is 15.6. The fourth-order valence-corrected chi connectivity index (χ4v) is 11.4. The molecule has 18 nitrogen and oxygen atoms in total. The topological polar surface area (TPSA) is 182 Å². The van der Waals surface area contributed by atoms with Gasteiger partial charge in [-0.1, -0.05) is 184 Å². The van der Waals surface area contributed by atoms with Gasteiger partial charge in [0.2, 0.25) is 17.6 Å². The molecule has 0 aliphatic heterocycles. The minimum absolute atomic E-state index is 0.293. The van der Waals surface area contributed by atoms with Crippen molar-refractivity contribution in [2.45, 2.75) is 52.4 Å². The summed E-state index contributed by atoms with van der Waals surface area (Å²) in [5, 5.41) is 17.0. The van der Waals surface area contributed by atoms with Crippen molar-refractivity contribution in [1.82, 2.24) is 30.0 Å². The van der Waals surface area contributed by atoms with E-state index in [2.05, 4.69) is 34.9 Å². The molecule has 8 aromatic carbocycles. The molecule has 0 aliphatic carbocycles. The Balaban J connectivity index is 0.000000160. The fraction of sp³-hybridized carbons (Fsp3) is 0.205. The van der Waals surface area contributed by atoms with E-state index in [9.17, 15) is 0 Å². The molecule has 108 heavy (non-hydrogen) atoms. The van der Waals surface area contributed by atoms with E-state index in [1.807, 2.05) is 209 Å². The van der Waals surface area contributed by atoms with Crippen LogP contribution in [0.1, 0.15) is 41.7 Å². The summed E-state index contributed by atoms with van der Waals surface area (Å²) >= 11 is 41.7. The second-order valence-electron chi connectivity index (χ2n) is 23.0. The predicted octanol–water partition coefficient (Wildman–Crippen LogP) is 21.7. The average Bonchev–Trinajstić information content (AvgIpc) is 0.827. The summed E-state index contributed by atoms with van der Waals surface area (Å²) in [5.74, 6) is 5.29. The van der Waals surface area contributed by atoms with Gasteiger partial charge in [0.1, 0.15) is 86.7 Å². The van der Waals surface area contributed by atoms with Crippen LogP contribution in [-0.2, 0) is 51.5 Å². The number of nitrogens with zero attached hydrogens (tertiary/aromatic N) is 7. The molecule has 0 N–H and O–H groups in total. The van der Waals surface area contributed by atoms with Crippen LogP contribution < -0.4 is 33.2 Å². The number of fused-ring (bicyclic) bond motifs is 4. The van der Waals surface area contributed by atoms with Gasteiger partial charge in [0.25, 0.3) is 0 Å². The molecule has 0 spiro atoms. The summed E-state index contributed by atoms with van der Waals surface area (Å²) in [6.45, 7) is 8.40. The number of alkyl halides is 1. The van der Waals surface area contributed by atoms with Crippen molar-refractivity contribution in [2.75, 3.05) is 60.8 Å². The lowest BCUT2D eigenvalue weighted by atomic mass is 10.1. The van der Waals surface area contributed by atoms with E-state index < -0.39 is 6.29 Å². The summed E-state index contributed by atoms with van der Waals surface area (Å²) in [6, 6.07) is 65.0. The molecule has 13 rings (SSSR count). The van der Waals surface area contributed by atoms with Gasteiger partial charge in [-0.05, 0) is 98.3 Å².